The van der Waals surface area contributed by atoms with Gasteiger partial charge >= 0.3 is 5.51 Å². The van der Waals surface area contributed by atoms with Gasteiger partial charge in [-0.25, -0.2) is 8.42 Å². The average molecular weight is 322 g/mol. The molecule has 0 bridgehead atoms. The van der Waals surface area contributed by atoms with Crippen molar-refractivity contribution in [2.75, 3.05) is 11.9 Å². The van der Waals surface area contributed by atoms with Crippen molar-refractivity contribution >= 4 is 21.4 Å². The summed E-state index contributed by atoms with van der Waals surface area (Å²) in [6.45, 7) is 0.428. The molecule has 1 aromatic rings. The summed E-state index contributed by atoms with van der Waals surface area (Å²) in [5, 5.41) is 5.67. The van der Waals surface area contributed by atoms with E-state index in [2.05, 4.69) is 10.6 Å². The molecule has 1 saturated heterocycles. The average Bonchev–Trinajstić information content (AvgIpc) is 2.81. The first-order chi connectivity index (χ1) is 9.70. The highest BCUT2D eigenvalue weighted by atomic mass is 32.2. The molecule has 0 spiro atoms. The van der Waals surface area contributed by atoms with Crippen LogP contribution in [0.1, 0.15) is 12.8 Å². The maximum absolute atomic E-state index is 12.4. The quantitative estimate of drug-likeness (QED) is 0.884. The van der Waals surface area contributed by atoms with Gasteiger partial charge in [0.1, 0.15) is 0 Å². The van der Waals surface area contributed by atoms with E-state index in [0.29, 0.717) is 25.1 Å². The Balaban J connectivity index is 2.01. The number of nitrogens with one attached hydrogen (secondary N) is 2. The highest BCUT2D eigenvalue weighted by molar-refractivity contribution is 7.92. The number of anilines is 1. The molecular weight excluding hydrogens is 309 g/mol. The van der Waals surface area contributed by atoms with Crippen LogP contribution >= 0.6 is 0 Å². The van der Waals surface area contributed by atoms with Gasteiger partial charge in [-0.2, -0.15) is 13.2 Å². The minimum absolute atomic E-state index is 0.0314. The van der Waals surface area contributed by atoms with E-state index in [-0.39, 0.29) is 11.9 Å². The lowest BCUT2D eigenvalue weighted by Gasteiger charge is -2.13. The van der Waals surface area contributed by atoms with Crippen molar-refractivity contribution in [2.24, 2.45) is 0 Å². The molecule has 1 aliphatic rings. The van der Waals surface area contributed by atoms with Crippen LogP contribution in [0.25, 0.3) is 0 Å². The number of halogens is 3. The predicted molar refractivity (Wildman–Crippen MR) is 69.3 cm³/mol. The minimum atomic E-state index is -5.32. The van der Waals surface area contributed by atoms with E-state index in [0.717, 1.165) is 12.1 Å². The van der Waals surface area contributed by atoms with Crippen molar-refractivity contribution in [3.63, 3.8) is 0 Å². The maximum Gasteiger partial charge on any atom is 0.501 e. The monoisotopic (exact) mass is 322 g/mol. The van der Waals surface area contributed by atoms with E-state index in [4.69, 9.17) is 0 Å². The van der Waals surface area contributed by atoms with Crippen molar-refractivity contribution in [1.29, 1.82) is 0 Å². The third kappa shape index (κ3) is 3.46. The molecule has 1 unspecified atom stereocenters. The van der Waals surface area contributed by atoms with Crippen molar-refractivity contribution in [1.82, 2.24) is 5.32 Å². The Morgan fingerprint density at radius 1 is 1.24 bits per heavy atom. The number of hydrogen-bond acceptors (Lipinski definition) is 4. The SMILES string of the molecule is O=C1CCC(CNc2ccc(S(=O)(=O)C(F)(F)F)cc2)N1. The smallest absolute Gasteiger partial charge is 0.383 e. The lowest BCUT2D eigenvalue weighted by molar-refractivity contribution is -0.119. The Labute approximate surface area is 119 Å². The van der Waals surface area contributed by atoms with Crippen LogP contribution in [0, 0.1) is 0 Å². The molecule has 1 aliphatic heterocycles. The Hall–Kier alpha value is -1.77. The summed E-state index contributed by atoms with van der Waals surface area (Å²) in [6, 6.07) is 4.29. The summed E-state index contributed by atoms with van der Waals surface area (Å²) in [4.78, 5) is 10.2. The molecule has 21 heavy (non-hydrogen) atoms. The third-order valence-corrected chi connectivity index (χ3v) is 4.61. The van der Waals surface area contributed by atoms with Crippen LogP contribution in [0.3, 0.4) is 0 Å². The van der Waals surface area contributed by atoms with Gasteiger partial charge in [-0.3, -0.25) is 4.79 Å². The van der Waals surface area contributed by atoms with Crippen LogP contribution in [-0.2, 0) is 14.6 Å². The first kappa shape index (κ1) is 15.6. The highest BCUT2D eigenvalue weighted by Crippen LogP contribution is 2.30. The second-order valence-electron chi connectivity index (χ2n) is 4.66. The molecule has 9 heteroatoms. The fourth-order valence-corrected chi connectivity index (χ4v) is 2.72. The van der Waals surface area contributed by atoms with Gasteiger partial charge in [0.15, 0.2) is 0 Å². The molecule has 2 N–H and O–H groups in total. The summed E-state index contributed by atoms with van der Waals surface area (Å²) >= 11 is 0. The predicted octanol–water partition coefficient (Wildman–Crippen LogP) is 1.67. The Bertz CT molecular complexity index is 626. The molecule has 2 rings (SSSR count). The molecule has 1 atom stereocenters. The lowest BCUT2D eigenvalue weighted by Crippen LogP contribution is -2.31. The van der Waals surface area contributed by atoms with E-state index in [1.165, 1.54) is 12.1 Å². The summed E-state index contributed by atoms with van der Waals surface area (Å²) in [5.74, 6) is -0.0339. The van der Waals surface area contributed by atoms with Gasteiger partial charge in [0.25, 0.3) is 9.84 Å². The van der Waals surface area contributed by atoms with Crippen LogP contribution < -0.4 is 10.6 Å². The highest BCUT2D eigenvalue weighted by Gasteiger charge is 2.46. The number of carbonyl (C=O) groups is 1. The summed E-state index contributed by atoms with van der Waals surface area (Å²) in [7, 11) is -5.32. The van der Waals surface area contributed by atoms with Gasteiger partial charge < -0.3 is 10.6 Å². The van der Waals surface area contributed by atoms with E-state index in [9.17, 15) is 26.4 Å². The molecular formula is C12H13F3N2O3S. The van der Waals surface area contributed by atoms with E-state index >= 15 is 0 Å². The summed E-state index contributed by atoms with van der Waals surface area (Å²) in [5.41, 5.74) is -4.83. The van der Waals surface area contributed by atoms with E-state index < -0.39 is 20.2 Å². The van der Waals surface area contributed by atoms with Crippen molar-refractivity contribution in [3.8, 4) is 0 Å². The number of hydrogen-bond donors (Lipinski definition) is 2. The number of amides is 1. The molecule has 116 valence electrons. The molecule has 1 fully saturated rings. The largest absolute Gasteiger partial charge is 0.501 e. The van der Waals surface area contributed by atoms with E-state index in [1.54, 1.807) is 0 Å². The minimum Gasteiger partial charge on any atom is -0.383 e. The molecule has 0 aromatic heterocycles. The molecule has 5 nitrogen and oxygen atoms in total. The topological polar surface area (TPSA) is 75.3 Å². The van der Waals surface area contributed by atoms with Gasteiger partial charge in [-0.1, -0.05) is 0 Å². The molecule has 0 aliphatic carbocycles. The Kier molecular flexibility index (Phi) is 4.13. The second-order valence-corrected chi connectivity index (χ2v) is 6.60. The lowest BCUT2D eigenvalue weighted by atomic mass is 10.2. The zero-order valence-corrected chi connectivity index (χ0v) is 11.6. The fourth-order valence-electron chi connectivity index (χ4n) is 1.96. The molecule has 0 radical (unpaired) electrons. The van der Waals surface area contributed by atoms with Crippen molar-refractivity contribution in [2.45, 2.75) is 29.3 Å². The molecule has 1 heterocycles. The van der Waals surface area contributed by atoms with E-state index in [1.807, 2.05) is 0 Å². The van der Waals surface area contributed by atoms with Crippen LogP contribution in [-0.4, -0.2) is 32.4 Å². The van der Waals surface area contributed by atoms with Crippen LogP contribution in [0.5, 0.6) is 0 Å². The Morgan fingerprint density at radius 3 is 2.33 bits per heavy atom. The number of sulfone groups is 1. The fraction of sp³-hybridized carbons (Fsp3) is 0.417. The van der Waals surface area contributed by atoms with Gasteiger partial charge in [-0.05, 0) is 30.7 Å². The van der Waals surface area contributed by atoms with Crippen LogP contribution in [0.4, 0.5) is 18.9 Å². The van der Waals surface area contributed by atoms with Crippen LogP contribution in [0.15, 0.2) is 29.2 Å². The molecule has 1 aromatic carbocycles. The Morgan fingerprint density at radius 2 is 1.86 bits per heavy atom. The summed E-state index contributed by atoms with van der Waals surface area (Å²) in [6.07, 6.45) is 1.14. The number of benzene rings is 1. The first-order valence-electron chi connectivity index (χ1n) is 6.15. The summed E-state index contributed by atoms with van der Waals surface area (Å²) < 4.78 is 59.4. The normalized spacial score (nSPS) is 19.4. The molecule has 0 saturated carbocycles. The van der Waals surface area contributed by atoms with Gasteiger partial charge in [0.2, 0.25) is 5.91 Å². The maximum atomic E-state index is 12.4. The first-order valence-corrected chi connectivity index (χ1v) is 7.63. The number of rotatable bonds is 4. The van der Waals surface area contributed by atoms with Gasteiger partial charge in [0.05, 0.1) is 4.90 Å². The number of alkyl halides is 3. The third-order valence-electron chi connectivity index (χ3n) is 3.11. The zero-order valence-electron chi connectivity index (χ0n) is 10.8. The van der Waals surface area contributed by atoms with Crippen molar-refractivity contribution < 1.29 is 26.4 Å². The zero-order chi connectivity index (χ0) is 15.7. The van der Waals surface area contributed by atoms with Gasteiger partial charge in [-0.15, -0.1) is 0 Å². The molecule has 1 amide bonds. The van der Waals surface area contributed by atoms with Gasteiger partial charge in [0, 0.05) is 24.7 Å². The number of carbonyl (C=O) groups excluding carboxylic acids is 1. The van der Waals surface area contributed by atoms with Crippen LogP contribution in [0.2, 0.25) is 0 Å². The van der Waals surface area contributed by atoms with Crippen molar-refractivity contribution in [3.05, 3.63) is 24.3 Å². The standard InChI is InChI=1S/C12H13F3N2O3S/c13-12(14,15)21(19,20)10-4-1-8(2-5-10)16-7-9-3-6-11(18)17-9/h1-2,4-5,9,16H,3,6-7H2,(H,17,18). The second kappa shape index (κ2) is 5.55.